The minimum atomic E-state index is -1.69. The minimum absolute atomic E-state index is 0.00921. The Morgan fingerprint density at radius 2 is 1.62 bits per heavy atom. The van der Waals surface area contributed by atoms with Gasteiger partial charge in [-0.2, -0.15) is 0 Å². The number of carbonyl (C=O) groups is 2. The largest absolute Gasteiger partial charge is 0.480 e. The summed E-state index contributed by atoms with van der Waals surface area (Å²) in [7, 11) is 0. The maximum atomic E-state index is 12.7. The van der Waals surface area contributed by atoms with Crippen molar-refractivity contribution in [3.8, 4) is 0 Å². The van der Waals surface area contributed by atoms with E-state index < -0.39 is 17.4 Å². The fourth-order valence-electron chi connectivity index (χ4n) is 3.03. The highest BCUT2D eigenvalue weighted by atomic mass is 16.5. The third kappa shape index (κ3) is 4.60. The number of rotatable bonds is 10. The molecule has 4 heteroatoms. The maximum absolute atomic E-state index is 12.7. The van der Waals surface area contributed by atoms with Gasteiger partial charge in [0.15, 0.2) is 5.41 Å². The highest BCUT2D eigenvalue weighted by Crippen LogP contribution is 2.32. The number of aryl methyl sites for hydroxylation is 1. The van der Waals surface area contributed by atoms with Gasteiger partial charge in [-0.05, 0) is 30.4 Å². The molecule has 2 rings (SSSR count). The second-order valence-electron chi connectivity index (χ2n) is 6.16. The van der Waals surface area contributed by atoms with Gasteiger partial charge >= 0.3 is 11.9 Å². The average Bonchev–Trinajstić information content (AvgIpc) is 2.67. The lowest BCUT2D eigenvalue weighted by Gasteiger charge is -2.27. The van der Waals surface area contributed by atoms with Gasteiger partial charge in [-0.15, -0.1) is 0 Å². The van der Waals surface area contributed by atoms with E-state index in [1.165, 1.54) is 11.6 Å². The molecule has 0 aromatic heterocycles. The summed E-state index contributed by atoms with van der Waals surface area (Å²) in [4.78, 5) is 24.8. The molecule has 2 aromatic carbocycles. The predicted octanol–water partition coefficient (Wildman–Crippen LogP) is 4.15. The fourth-order valence-corrected chi connectivity index (χ4v) is 3.03. The van der Waals surface area contributed by atoms with Crippen molar-refractivity contribution in [2.75, 3.05) is 6.61 Å². The van der Waals surface area contributed by atoms with Crippen LogP contribution in [0.5, 0.6) is 0 Å². The van der Waals surface area contributed by atoms with Crippen molar-refractivity contribution in [2.24, 2.45) is 0 Å². The number of unbranched alkanes of at least 4 members (excludes halogenated alkanes) is 1. The Labute approximate surface area is 154 Å². The normalized spacial score (nSPS) is 12.8. The number of hydrogen-bond acceptors (Lipinski definition) is 3. The van der Waals surface area contributed by atoms with Gasteiger partial charge < -0.3 is 9.84 Å². The van der Waals surface area contributed by atoms with Crippen molar-refractivity contribution in [2.45, 2.75) is 31.1 Å². The molecule has 0 bridgehead atoms. The van der Waals surface area contributed by atoms with Crippen LogP contribution in [-0.2, 0) is 26.2 Å². The standard InChI is InChI=1S/C22H24O4/c1-2-17-26-21(25)22(20(23)24,19-14-7-4-8-15-19)16-10-9-13-18-11-5-3-6-12-18/h2-8,11-12,14-15H,1,9-10,13,16-17H2,(H,23,24). The van der Waals surface area contributed by atoms with Crippen LogP contribution in [0.4, 0.5) is 0 Å². The lowest BCUT2D eigenvalue weighted by molar-refractivity contribution is -0.161. The Hall–Kier alpha value is -2.88. The van der Waals surface area contributed by atoms with E-state index in [1.54, 1.807) is 30.3 Å². The molecule has 2 aromatic rings. The molecule has 0 aliphatic rings. The van der Waals surface area contributed by atoms with Gasteiger partial charge in [0.1, 0.15) is 6.61 Å². The topological polar surface area (TPSA) is 63.6 Å². The van der Waals surface area contributed by atoms with Gasteiger partial charge in [-0.25, -0.2) is 0 Å². The van der Waals surface area contributed by atoms with E-state index >= 15 is 0 Å². The highest BCUT2D eigenvalue weighted by molar-refractivity contribution is 6.05. The highest BCUT2D eigenvalue weighted by Gasteiger charge is 2.48. The molecule has 0 aliphatic carbocycles. The van der Waals surface area contributed by atoms with E-state index in [1.807, 2.05) is 30.3 Å². The van der Waals surface area contributed by atoms with Crippen molar-refractivity contribution >= 4 is 11.9 Å². The summed E-state index contributed by atoms with van der Waals surface area (Å²) in [5.74, 6) is -1.92. The summed E-state index contributed by atoms with van der Waals surface area (Å²) in [5, 5.41) is 9.94. The molecule has 0 saturated heterocycles. The summed E-state index contributed by atoms with van der Waals surface area (Å²) < 4.78 is 5.15. The SMILES string of the molecule is C=CCOC(=O)C(CCCCc1ccccc1)(C(=O)O)c1ccccc1. The van der Waals surface area contributed by atoms with E-state index in [9.17, 15) is 14.7 Å². The predicted molar refractivity (Wildman–Crippen MR) is 101 cm³/mol. The van der Waals surface area contributed by atoms with E-state index in [4.69, 9.17) is 4.74 Å². The Bertz CT molecular complexity index is 724. The summed E-state index contributed by atoms with van der Waals surface area (Å²) in [5.41, 5.74) is -0.0512. The summed E-state index contributed by atoms with van der Waals surface area (Å²) in [6, 6.07) is 18.6. The van der Waals surface area contributed by atoms with Crippen molar-refractivity contribution in [1.29, 1.82) is 0 Å². The van der Waals surface area contributed by atoms with Crippen LogP contribution in [0.15, 0.2) is 73.3 Å². The second-order valence-corrected chi connectivity index (χ2v) is 6.16. The molecular weight excluding hydrogens is 328 g/mol. The zero-order valence-electron chi connectivity index (χ0n) is 14.8. The molecule has 0 saturated carbocycles. The number of carboxylic acids is 1. The first-order valence-electron chi connectivity index (χ1n) is 8.72. The number of carboxylic acid groups (broad SMARTS) is 1. The van der Waals surface area contributed by atoms with Crippen molar-refractivity contribution in [3.63, 3.8) is 0 Å². The van der Waals surface area contributed by atoms with Crippen molar-refractivity contribution in [1.82, 2.24) is 0 Å². The van der Waals surface area contributed by atoms with Crippen molar-refractivity contribution in [3.05, 3.63) is 84.4 Å². The molecule has 136 valence electrons. The molecule has 26 heavy (non-hydrogen) atoms. The number of hydrogen-bond donors (Lipinski definition) is 1. The zero-order chi connectivity index (χ0) is 18.8. The van der Waals surface area contributed by atoms with Crippen LogP contribution in [0, 0.1) is 0 Å². The van der Waals surface area contributed by atoms with Crippen LogP contribution in [-0.4, -0.2) is 23.7 Å². The fraction of sp³-hybridized carbons (Fsp3) is 0.273. The summed E-state index contributed by atoms with van der Waals surface area (Å²) >= 11 is 0. The zero-order valence-corrected chi connectivity index (χ0v) is 14.8. The first-order chi connectivity index (χ1) is 12.6. The van der Waals surface area contributed by atoms with E-state index in [0.29, 0.717) is 12.0 Å². The van der Waals surface area contributed by atoms with Crippen LogP contribution in [0.3, 0.4) is 0 Å². The van der Waals surface area contributed by atoms with Crippen LogP contribution < -0.4 is 0 Å². The Kier molecular flexibility index (Phi) is 7.15. The Balaban J connectivity index is 2.17. The molecule has 0 radical (unpaired) electrons. The van der Waals surface area contributed by atoms with Gasteiger partial charge in [0.25, 0.3) is 0 Å². The summed E-state index contributed by atoms with van der Waals surface area (Å²) in [6.45, 7) is 3.51. The number of carbonyl (C=O) groups excluding carboxylic acids is 1. The van der Waals surface area contributed by atoms with Gasteiger partial charge in [0.05, 0.1) is 0 Å². The summed E-state index contributed by atoms with van der Waals surface area (Å²) in [6.07, 6.45) is 3.85. The molecule has 0 aliphatic heterocycles. The average molecular weight is 352 g/mol. The molecule has 1 atom stereocenters. The van der Waals surface area contributed by atoms with E-state index in [0.717, 1.165) is 12.8 Å². The molecule has 4 nitrogen and oxygen atoms in total. The second kappa shape index (κ2) is 9.56. The molecule has 0 fully saturated rings. The first kappa shape index (κ1) is 19.4. The van der Waals surface area contributed by atoms with Gasteiger partial charge in [-0.3, -0.25) is 9.59 Å². The Morgan fingerprint density at radius 3 is 2.19 bits per heavy atom. The van der Waals surface area contributed by atoms with Crippen LogP contribution in [0.1, 0.15) is 30.4 Å². The molecule has 0 spiro atoms. The van der Waals surface area contributed by atoms with E-state index in [2.05, 4.69) is 6.58 Å². The third-order valence-corrected chi connectivity index (χ3v) is 4.42. The van der Waals surface area contributed by atoms with Crippen molar-refractivity contribution < 1.29 is 19.4 Å². The van der Waals surface area contributed by atoms with E-state index in [-0.39, 0.29) is 13.0 Å². The van der Waals surface area contributed by atoms with Gasteiger partial charge in [-0.1, -0.05) is 79.7 Å². The molecule has 0 heterocycles. The molecular formula is C22H24O4. The van der Waals surface area contributed by atoms with Gasteiger partial charge in [0, 0.05) is 0 Å². The Morgan fingerprint density at radius 1 is 1.00 bits per heavy atom. The maximum Gasteiger partial charge on any atom is 0.328 e. The minimum Gasteiger partial charge on any atom is -0.480 e. The molecule has 1 unspecified atom stereocenters. The molecule has 0 amide bonds. The van der Waals surface area contributed by atoms with Gasteiger partial charge in [0.2, 0.25) is 0 Å². The number of benzene rings is 2. The lowest BCUT2D eigenvalue weighted by Crippen LogP contribution is -2.45. The third-order valence-electron chi connectivity index (χ3n) is 4.42. The number of ether oxygens (including phenoxy) is 1. The van der Waals surface area contributed by atoms with Crippen LogP contribution in [0.2, 0.25) is 0 Å². The number of esters is 1. The first-order valence-corrected chi connectivity index (χ1v) is 8.72. The van der Waals surface area contributed by atoms with Crippen LogP contribution in [0.25, 0.3) is 0 Å². The van der Waals surface area contributed by atoms with Crippen LogP contribution >= 0.6 is 0 Å². The molecule has 1 N–H and O–H groups in total. The quantitative estimate of drug-likeness (QED) is 0.302. The lowest BCUT2D eigenvalue weighted by atomic mass is 9.76. The number of aliphatic carboxylic acids is 1. The monoisotopic (exact) mass is 352 g/mol. The smallest absolute Gasteiger partial charge is 0.328 e.